The molecule has 0 radical (unpaired) electrons. The van der Waals surface area contributed by atoms with Gasteiger partial charge in [0.15, 0.2) is 0 Å². The average Bonchev–Trinajstić information content (AvgIpc) is 2.69. The Hall–Kier alpha value is -1.60. The van der Waals surface area contributed by atoms with Gasteiger partial charge in [0.2, 0.25) is 0 Å². The smallest absolute Gasteiger partial charge is 0.468 e. The maximum atomic E-state index is 12.0. The molecule has 19 heavy (non-hydrogen) atoms. The lowest BCUT2D eigenvalue weighted by Crippen LogP contribution is -2.42. The lowest BCUT2D eigenvalue weighted by atomic mass is 9.82. The molecule has 5 nitrogen and oxygen atoms in total. The fourth-order valence-corrected chi connectivity index (χ4v) is 2.20. The highest BCUT2D eigenvalue weighted by molar-refractivity contribution is 6.05. The van der Waals surface area contributed by atoms with Crippen LogP contribution in [-0.2, 0) is 19.1 Å². The quantitative estimate of drug-likeness (QED) is 0.615. The Balaban J connectivity index is 2.64. The van der Waals surface area contributed by atoms with Crippen molar-refractivity contribution in [1.82, 2.24) is 5.32 Å². The molecule has 0 aromatic rings. The fraction of sp³-hybridized carbons (Fsp3) is 0.727. The van der Waals surface area contributed by atoms with Gasteiger partial charge in [0.05, 0.1) is 7.11 Å². The zero-order valence-electron chi connectivity index (χ0n) is 10.3. The highest BCUT2D eigenvalue weighted by atomic mass is 19.4. The van der Waals surface area contributed by atoms with E-state index in [0.29, 0.717) is 6.42 Å². The zero-order chi connectivity index (χ0) is 14.7. The van der Waals surface area contributed by atoms with E-state index in [0.717, 1.165) is 7.11 Å². The van der Waals surface area contributed by atoms with Crippen LogP contribution in [0.15, 0.2) is 0 Å². The molecule has 1 aliphatic rings. The van der Waals surface area contributed by atoms with Gasteiger partial charge in [-0.15, -0.1) is 0 Å². The number of rotatable bonds is 4. The van der Waals surface area contributed by atoms with Crippen LogP contribution in [0.3, 0.4) is 0 Å². The summed E-state index contributed by atoms with van der Waals surface area (Å²) in [4.78, 5) is 34.0. The molecule has 0 aromatic heterocycles. The molecule has 1 rings (SSSR count). The predicted molar refractivity (Wildman–Crippen MR) is 57.0 cm³/mol. The van der Waals surface area contributed by atoms with Crippen molar-refractivity contribution in [3.63, 3.8) is 0 Å². The van der Waals surface area contributed by atoms with Crippen molar-refractivity contribution in [1.29, 1.82) is 0 Å². The molecule has 0 aliphatic heterocycles. The largest absolute Gasteiger partial charge is 0.471 e. The monoisotopic (exact) mass is 281 g/mol. The van der Waals surface area contributed by atoms with Gasteiger partial charge in [0.1, 0.15) is 11.2 Å². The summed E-state index contributed by atoms with van der Waals surface area (Å²) in [6.45, 7) is -0.404. The predicted octanol–water partition coefficient (Wildman–Crippen LogP) is 0.967. The number of Topliss-reactive ketones (excluding diaryl/α,β-unsaturated/α-hetero) is 1. The van der Waals surface area contributed by atoms with E-state index in [2.05, 4.69) is 4.74 Å². The molecule has 0 saturated heterocycles. The molecule has 108 valence electrons. The zero-order valence-corrected chi connectivity index (χ0v) is 10.3. The summed E-state index contributed by atoms with van der Waals surface area (Å²) in [5, 5.41) is 1.65. The van der Waals surface area contributed by atoms with Crippen LogP contribution >= 0.6 is 0 Å². The number of hydrogen-bond donors (Lipinski definition) is 1. The summed E-state index contributed by atoms with van der Waals surface area (Å²) in [5.41, 5.74) is -1.41. The minimum Gasteiger partial charge on any atom is -0.468 e. The van der Waals surface area contributed by atoms with Gasteiger partial charge in [-0.1, -0.05) is 0 Å². The molecule has 8 heteroatoms. The van der Waals surface area contributed by atoms with Gasteiger partial charge in [-0.25, -0.2) is 0 Å². The number of ketones is 1. The van der Waals surface area contributed by atoms with Gasteiger partial charge in [-0.2, -0.15) is 13.2 Å². The van der Waals surface area contributed by atoms with Gasteiger partial charge >= 0.3 is 18.1 Å². The minimum atomic E-state index is -4.97. The number of hydrogen-bond acceptors (Lipinski definition) is 4. The summed E-state index contributed by atoms with van der Waals surface area (Å²) >= 11 is 0. The highest BCUT2D eigenvalue weighted by Crippen LogP contribution is 2.39. The number of methoxy groups -OCH3 is 1. The molecule has 1 amide bonds. The first-order valence-corrected chi connectivity index (χ1v) is 5.71. The Morgan fingerprint density at radius 1 is 1.42 bits per heavy atom. The third-order valence-electron chi connectivity index (χ3n) is 3.21. The molecule has 0 spiro atoms. The Labute approximate surface area is 107 Å². The van der Waals surface area contributed by atoms with E-state index in [1.807, 2.05) is 0 Å². The molecule has 1 N–H and O–H groups in total. The van der Waals surface area contributed by atoms with Crippen molar-refractivity contribution in [2.24, 2.45) is 5.41 Å². The first-order chi connectivity index (χ1) is 8.74. The number of halogens is 3. The Morgan fingerprint density at radius 2 is 2.05 bits per heavy atom. The molecule has 0 heterocycles. The molecule has 1 aliphatic carbocycles. The standard InChI is InChI=1S/C11H14F3NO4/c1-19-9(18)10(4-2-3-7(10)16)5-6-15-8(17)11(12,13)14/h2-6H2,1H3,(H,15,17)/t10-/m1/s1. The molecule has 1 fully saturated rings. The van der Waals surface area contributed by atoms with Crippen LogP contribution in [0, 0.1) is 5.41 Å². The van der Waals surface area contributed by atoms with Crippen molar-refractivity contribution < 1.29 is 32.3 Å². The van der Waals surface area contributed by atoms with E-state index < -0.39 is 30.0 Å². The molecular weight excluding hydrogens is 267 g/mol. The van der Waals surface area contributed by atoms with Crippen LogP contribution < -0.4 is 5.32 Å². The summed E-state index contributed by atoms with van der Waals surface area (Å²) < 4.78 is 40.5. The van der Waals surface area contributed by atoms with Gasteiger partial charge in [0.25, 0.3) is 0 Å². The number of ether oxygens (including phenoxy) is 1. The lowest BCUT2D eigenvalue weighted by molar-refractivity contribution is -0.173. The first kappa shape index (κ1) is 15.5. The number of alkyl halides is 3. The number of carbonyl (C=O) groups is 3. The molecule has 1 atom stereocenters. The van der Waals surface area contributed by atoms with E-state index in [1.54, 1.807) is 5.32 Å². The van der Waals surface area contributed by atoms with Crippen molar-refractivity contribution in [3.05, 3.63) is 0 Å². The van der Waals surface area contributed by atoms with Crippen molar-refractivity contribution in [2.45, 2.75) is 31.9 Å². The maximum absolute atomic E-state index is 12.0. The van der Waals surface area contributed by atoms with Crippen LogP contribution in [-0.4, -0.2) is 37.5 Å². The molecule has 1 saturated carbocycles. The molecular formula is C11H14F3NO4. The maximum Gasteiger partial charge on any atom is 0.471 e. The number of amides is 1. The van der Waals surface area contributed by atoms with E-state index >= 15 is 0 Å². The van der Waals surface area contributed by atoms with Crippen LogP contribution in [0.1, 0.15) is 25.7 Å². The fourth-order valence-electron chi connectivity index (χ4n) is 2.20. The van der Waals surface area contributed by atoms with Gasteiger partial charge in [-0.3, -0.25) is 14.4 Å². The SMILES string of the molecule is COC(=O)[C@@]1(CCNC(=O)C(F)(F)F)CCCC1=O. The van der Waals surface area contributed by atoms with Crippen LogP contribution in [0.4, 0.5) is 13.2 Å². The van der Waals surface area contributed by atoms with E-state index in [4.69, 9.17) is 0 Å². The van der Waals surface area contributed by atoms with Crippen LogP contribution in [0.25, 0.3) is 0 Å². The van der Waals surface area contributed by atoms with E-state index in [1.165, 1.54) is 0 Å². The van der Waals surface area contributed by atoms with Crippen molar-refractivity contribution >= 4 is 17.7 Å². The Bertz CT molecular complexity index is 394. The third-order valence-corrected chi connectivity index (χ3v) is 3.21. The highest BCUT2D eigenvalue weighted by Gasteiger charge is 2.49. The molecule has 0 aromatic carbocycles. The summed E-state index contributed by atoms with van der Waals surface area (Å²) in [6, 6.07) is 0. The number of carbonyl (C=O) groups excluding carboxylic acids is 3. The van der Waals surface area contributed by atoms with Crippen molar-refractivity contribution in [3.8, 4) is 0 Å². The summed E-state index contributed by atoms with van der Waals surface area (Å²) in [6.07, 6.45) is -4.23. The second-order valence-electron chi connectivity index (χ2n) is 4.35. The molecule has 0 unspecified atom stereocenters. The van der Waals surface area contributed by atoms with Gasteiger partial charge < -0.3 is 10.1 Å². The normalized spacial score (nSPS) is 23.3. The lowest BCUT2D eigenvalue weighted by Gasteiger charge is -2.24. The topological polar surface area (TPSA) is 72.5 Å². The van der Waals surface area contributed by atoms with Gasteiger partial charge in [-0.05, 0) is 19.3 Å². The number of esters is 1. The van der Waals surface area contributed by atoms with Crippen LogP contribution in [0.5, 0.6) is 0 Å². The third kappa shape index (κ3) is 3.24. The van der Waals surface area contributed by atoms with Crippen LogP contribution in [0.2, 0.25) is 0 Å². The second kappa shape index (κ2) is 5.58. The second-order valence-corrected chi connectivity index (χ2v) is 4.35. The summed E-state index contributed by atoms with van der Waals surface area (Å²) in [5.74, 6) is -3.19. The Kier molecular flexibility index (Phi) is 4.54. The van der Waals surface area contributed by atoms with E-state index in [9.17, 15) is 27.6 Å². The van der Waals surface area contributed by atoms with E-state index in [-0.39, 0.29) is 25.0 Å². The molecule has 0 bridgehead atoms. The number of nitrogens with one attached hydrogen (secondary N) is 1. The van der Waals surface area contributed by atoms with Crippen molar-refractivity contribution in [2.75, 3.05) is 13.7 Å². The Morgan fingerprint density at radius 3 is 2.47 bits per heavy atom. The summed E-state index contributed by atoms with van der Waals surface area (Å²) in [7, 11) is 1.12. The average molecular weight is 281 g/mol. The van der Waals surface area contributed by atoms with Gasteiger partial charge in [0, 0.05) is 13.0 Å². The minimum absolute atomic E-state index is 0.180. The first-order valence-electron chi connectivity index (χ1n) is 5.71.